The number of hydrogen-bond acceptors (Lipinski definition) is 6. The van der Waals surface area contributed by atoms with E-state index in [1.165, 1.54) is 0 Å². The molecule has 4 unspecified atom stereocenters. The van der Waals surface area contributed by atoms with Gasteiger partial charge in [-0.1, -0.05) is 0 Å². The molecule has 0 amide bonds. The van der Waals surface area contributed by atoms with Crippen LogP contribution in [0.2, 0.25) is 0 Å². The topological polar surface area (TPSA) is 61.0 Å². The molecule has 0 saturated carbocycles. The molecule has 0 aliphatic carbocycles. The van der Waals surface area contributed by atoms with Gasteiger partial charge in [0.1, 0.15) is 12.2 Å². The first-order valence-electron chi connectivity index (χ1n) is 7.66. The third kappa shape index (κ3) is 4.95. The van der Waals surface area contributed by atoms with Crippen LogP contribution in [0.25, 0.3) is 0 Å². The first-order valence-corrected chi connectivity index (χ1v) is 7.66. The monoisotopic (exact) mass is 288 g/mol. The first kappa shape index (κ1) is 16.1. The lowest BCUT2D eigenvalue weighted by molar-refractivity contribution is -0.337. The maximum Gasteiger partial charge on any atom is 0.158 e. The molecule has 0 aromatic rings. The second kappa shape index (κ2) is 8.92. The van der Waals surface area contributed by atoms with Crippen molar-refractivity contribution in [3.63, 3.8) is 0 Å². The largest absolute Gasteiger partial charge is 0.350 e. The van der Waals surface area contributed by atoms with Gasteiger partial charge in [0.2, 0.25) is 0 Å². The fourth-order valence-corrected chi connectivity index (χ4v) is 2.54. The predicted octanol–water partition coefficient (Wildman–Crippen LogP) is 0.469. The average Bonchev–Trinajstić information content (AvgIpc) is 2.48. The predicted molar refractivity (Wildman–Crippen MR) is 75.5 cm³/mol. The molecule has 0 aromatic heterocycles. The first-order chi connectivity index (χ1) is 9.83. The quantitative estimate of drug-likeness (QED) is 0.633. The van der Waals surface area contributed by atoms with Crippen LogP contribution in [0.15, 0.2) is 0 Å². The lowest BCUT2D eigenvalue weighted by atomic mass is 10.1. The summed E-state index contributed by atoms with van der Waals surface area (Å²) in [5, 5.41) is 6.26. The van der Waals surface area contributed by atoms with E-state index in [-0.39, 0.29) is 24.8 Å². The molecule has 2 rings (SSSR count). The van der Waals surface area contributed by atoms with Crippen molar-refractivity contribution in [2.45, 2.75) is 50.5 Å². The van der Waals surface area contributed by atoms with Gasteiger partial charge in [-0.25, -0.2) is 0 Å². The Hall–Kier alpha value is -0.240. The molecule has 6 nitrogen and oxygen atoms in total. The van der Waals surface area contributed by atoms with Crippen LogP contribution >= 0.6 is 0 Å². The zero-order valence-electron chi connectivity index (χ0n) is 12.6. The third-order valence-electron chi connectivity index (χ3n) is 3.69. The molecule has 0 spiro atoms. The number of ether oxygens (including phenoxy) is 4. The Morgan fingerprint density at radius 1 is 0.800 bits per heavy atom. The van der Waals surface area contributed by atoms with E-state index in [1.54, 1.807) is 0 Å². The van der Waals surface area contributed by atoms with Gasteiger partial charge in [-0.05, 0) is 52.9 Å². The maximum absolute atomic E-state index is 5.90. The molecule has 0 aromatic carbocycles. The lowest BCUT2D eigenvalue weighted by Crippen LogP contribution is -2.53. The van der Waals surface area contributed by atoms with Crippen molar-refractivity contribution in [1.82, 2.24) is 10.6 Å². The van der Waals surface area contributed by atoms with Gasteiger partial charge in [-0.3, -0.25) is 0 Å². The Labute approximate surface area is 121 Å². The van der Waals surface area contributed by atoms with Crippen LogP contribution in [0.4, 0.5) is 0 Å². The summed E-state index contributed by atoms with van der Waals surface area (Å²) >= 11 is 0. The van der Waals surface area contributed by atoms with Gasteiger partial charge >= 0.3 is 0 Å². The second-order valence-corrected chi connectivity index (χ2v) is 5.37. The molecule has 2 N–H and O–H groups in total. The van der Waals surface area contributed by atoms with E-state index in [0.717, 1.165) is 38.8 Å². The molecule has 2 saturated heterocycles. The van der Waals surface area contributed by atoms with Gasteiger partial charge in [-0.15, -0.1) is 0 Å². The fourth-order valence-electron chi connectivity index (χ4n) is 2.54. The van der Waals surface area contributed by atoms with E-state index < -0.39 is 0 Å². The van der Waals surface area contributed by atoms with Gasteiger partial charge in [0.15, 0.2) is 12.6 Å². The molecule has 0 radical (unpaired) electrons. The molecule has 2 aliphatic heterocycles. The minimum absolute atomic E-state index is 0.0175. The molecule has 2 heterocycles. The number of nitrogens with one attached hydrogen (secondary N) is 2. The van der Waals surface area contributed by atoms with Gasteiger partial charge in [0, 0.05) is 0 Å². The highest BCUT2D eigenvalue weighted by atomic mass is 16.8. The summed E-state index contributed by atoms with van der Waals surface area (Å²) in [7, 11) is 3.91. The van der Waals surface area contributed by atoms with Crippen LogP contribution in [0.3, 0.4) is 0 Å². The van der Waals surface area contributed by atoms with Gasteiger partial charge in [0.25, 0.3) is 0 Å². The summed E-state index contributed by atoms with van der Waals surface area (Å²) in [6.07, 6.45) is 3.73. The standard InChI is InChI=1S/C14H28N2O4/c1-15-7-3-5-13-17-9-12-11(19-13)10-18-14(20-12)6-4-8-16-2/h11-16H,3-10H2,1-2H3. The second-order valence-electron chi connectivity index (χ2n) is 5.37. The highest BCUT2D eigenvalue weighted by Crippen LogP contribution is 2.25. The van der Waals surface area contributed by atoms with Crippen molar-refractivity contribution >= 4 is 0 Å². The van der Waals surface area contributed by atoms with Crippen molar-refractivity contribution in [3.8, 4) is 0 Å². The van der Waals surface area contributed by atoms with E-state index in [0.29, 0.717) is 13.2 Å². The van der Waals surface area contributed by atoms with Crippen LogP contribution < -0.4 is 10.6 Å². The van der Waals surface area contributed by atoms with Crippen LogP contribution in [0.1, 0.15) is 25.7 Å². The van der Waals surface area contributed by atoms with Gasteiger partial charge < -0.3 is 29.6 Å². The summed E-state index contributed by atoms with van der Waals surface area (Å²) in [5.41, 5.74) is 0. The van der Waals surface area contributed by atoms with E-state index in [1.807, 2.05) is 14.1 Å². The minimum atomic E-state index is -0.113. The van der Waals surface area contributed by atoms with Crippen molar-refractivity contribution in [2.24, 2.45) is 0 Å². The van der Waals surface area contributed by atoms with E-state index in [4.69, 9.17) is 18.9 Å². The maximum atomic E-state index is 5.90. The summed E-state index contributed by atoms with van der Waals surface area (Å²) in [6.45, 7) is 3.19. The van der Waals surface area contributed by atoms with E-state index in [2.05, 4.69) is 10.6 Å². The Balaban J connectivity index is 1.66. The zero-order valence-corrected chi connectivity index (χ0v) is 12.6. The molecule has 2 aliphatic rings. The molecule has 0 bridgehead atoms. The Morgan fingerprint density at radius 2 is 1.25 bits per heavy atom. The number of fused-ring (bicyclic) bond motifs is 1. The summed E-state index contributed by atoms with van der Waals surface area (Å²) in [4.78, 5) is 0. The van der Waals surface area contributed by atoms with Gasteiger partial charge in [-0.2, -0.15) is 0 Å². The lowest BCUT2D eigenvalue weighted by Gasteiger charge is -2.41. The molecule has 4 atom stereocenters. The third-order valence-corrected chi connectivity index (χ3v) is 3.69. The Kier molecular flexibility index (Phi) is 7.19. The number of hydrogen-bond donors (Lipinski definition) is 2. The van der Waals surface area contributed by atoms with Gasteiger partial charge in [0.05, 0.1) is 13.2 Å². The van der Waals surface area contributed by atoms with Crippen molar-refractivity contribution < 1.29 is 18.9 Å². The normalized spacial score (nSPS) is 33.9. The molecular weight excluding hydrogens is 260 g/mol. The smallest absolute Gasteiger partial charge is 0.158 e. The van der Waals surface area contributed by atoms with Crippen LogP contribution in [0.5, 0.6) is 0 Å². The highest BCUT2D eigenvalue weighted by Gasteiger charge is 2.38. The molecular formula is C14H28N2O4. The minimum Gasteiger partial charge on any atom is -0.350 e. The van der Waals surface area contributed by atoms with Crippen molar-refractivity contribution in [3.05, 3.63) is 0 Å². The van der Waals surface area contributed by atoms with E-state index in [9.17, 15) is 0 Å². The fraction of sp³-hybridized carbons (Fsp3) is 1.00. The summed E-state index contributed by atoms with van der Waals surface area (Å²) in [6, 6.07) is 0. The van der Waals surface area contributed by atoms with Crippen LogP contribution in [0, 0.1) is 0 Å². The highest BCUT2D eigenvalue weighted by molar-refractivity contribution is 4.79. The van der Waals surface area contributed by atoms with Crippen LogP contribution in [-0.4, -0.2) is 65.2 Å². The van der Waals surface area contributed by atoms with Crippen molar-refractivity contribution in [2.75, 3.05) is 40.4 Å². The SMILES string of the molecule is CNCCCC1OCC2OC(CCCNC)OCC2O1. The molecule has 6 heteroatoms. The van der Waals surface area contributed by atoms with E-state index >= 15 is 0 Å². The Bertz CT molecular complexity index is 242. The van der Waals surface area contributed by atoms with Crippen LogP contribution in [-0.2, 0) is 18.9 Å². The average molecular weight is 288 g/mol. The summed E-state index contributed by atoms with van der Waals surface area (Å²) < 4.78 is 23.2. The molecule has 20 heavy (non-hydrogen) atoms. The number of rotatable bonds is 8. The summed E-state index contributed by atoms with van der Waals surface area (Å²) in [5.74, 6) is 0. The zero-order chi connectivity index (χ0) is 14.2. The Morgan fingerprint density at radius 3 is 1.65 bits per heavy atom. The molecule has 118 valence electrons. The van der Waals surface area contributed by atoms with Crippen molar-refractivity contribution in [1.29, 1.82) is 0 Å². The molecule has 2 fully saturated rings.